The minimum atomic E-state index is -0.581. The first-order valence-corrected chi connectivity index (χ1v) is 12.0. The number of fused-ring (bicyclic) bond motifs is 2. The Balaban J connectivity index is 1.20. The van der Waals surface area contributed by atoms with Crippen LogP contribution in [0.15, 0.2) is 42.5 Å². The molecular formula is C25H26ClFN4O3. The highest BCUT2D eigenvalue weighted by Gasteiger charge is 2.44. The molecule has 2 fully saturated rings. The van der Waals surface area contributed by atoms with Crippen LogP contribution >= 0.6 is 11.6 Å². The minimum absolute atomic E-state index is 0.0201. The SMILES string of the molecule is O=C(N[C@H]1C[C@H]2C(=O)NC[C@@H](CCC(=O)N3CCc4ccccc43)N2C1)c1ccc(F)c(Cl)c1. The van der Waals surface area contributed by atoms with Crippen molar-refractivity contribution < 1.29 is 18.8 Å². The normalized spacial score (nSPS) is 23.9. The molecule has 7 nitrogen and oxygen atoms in total. The summed E-state index contributed by atoms with van der Waals surface area (Å²) in [5.41, 5.74) is 2.46. The molecule has 9 heteroatoms. The number of para-hydroxylation sites is 1. The molecule has 178 valence electrons. The Hall–Kier alpha value is -2.97. The average Bonchev–Trinajstić information content (AvgIpc) is 3.45. The molecule has 2 N–H and O–H groups in total. The van der Waals surface area contributed by atoms with Gasteiger partial charge in [-0.1, -0.05) is 29.8 Å². The molecule has 2 aromatic carbocycles. The van der Waals surface area contributed by atoms with Gasteiger partial charge >= 0.3 is 0 Å². The van der Waals surface area contributed by atoms with Crippen LogP contribution in [-0.4, -0.2) is 60.4 Å². The fourth-order valence-electron chi connectivity index (χ4n) is 5.28. The van der Waals surface area contributed by atoms with Crippen molar-refractivity contribution in [2.45, 2.75) is 43.8 Å². The number of nitrogens with zero attached hydrogens (tertiary/aromatic N) is 2. The first kappa shape index (κ1) is 22.8. The third kappa shape index (κ3) is 4.40. The summed E-state index contributed by atoms with van der Waals surface area (Å²) in [5, 5.41) is 5.79. The quantitative estimate of drug-likeness (QED) is 0.683. The van der Waals surface area contributed by atoms with E-state index in [9.17, 15) is 18.8 Å². The van der Waals surface area contributed by atoms with Gasteiger partial charge in [0.25, 0.3) is 5.91 Å². The van der Waals surface area contributed by atoms with Gasteiger partial charge in [0.2, 0.25) is 11.8 Å². The van der Waals surface area contributed by atoms with Crippen molar-refractivity contribution in [1.29, 1.82) is 0 Å². The Bertz CT molecular complexity index is 1140. The Morgan fingerprint density at radius 1 is 1.21 bits per heavy atom. The van der Waals surface area contributed by atoms with Crippen molar-refractivity contribution in [3.63, 3.8) is 0 Å². The molecule has 5 rings (SSSR count). The first-order chi connectivity index (χ1) is 16.4. The summed E-state index contributed by atoms with van der Waals surface area (Å²) in [5.74, 6) is -0.900. The zero-order valence-electron chi connectivity index (χ0n) is 18.6. The van der Waals surface area contributed by atoms with E-state index in [4.69, 9.17) is 11.6 Å². The molecule has 2 aromatic rings. The van der Waals surface area contributed by atoms with Crippen LogP contribution in [0, 0.1) is 5.82 Å². The molecule has 3 amide bonds. The maximum atomic E-state index is 13.4. The van der Waals surface area contributed by atoms with Gasteiger partial charge in [-0.25, -0.2) is 4.39 Å². The van der Waals surface area contributed by atoms with Crippen LogP contribution in [-0.2, 0) is 16.0 Å². The molecule has 0 bridgehead atoms. The Labute approximate surface area is 202 Å². The van der Waals surface area contributed by atoms with Crippen molar-refractivity contribution in [1.82, 2.24) is 15.5 Å². The van der Waals surface area contributed by atoms with E-state index in [-0.39, 0.29) is 46.4 Å². The second-order valence-electron chi connectivity index (χ2n) is 9.11. The van der Waals surface area contributed by atoms with E-state index in [0.29, 0.717) is 38.9 Å². The monoisotopic (exact) mass is 484 g/mol. The number of rotatable bonds is 5. The standard InChI is InChI=1S/C25H26ClFN4O3/c26-19-11-16(5-7-20(19)27)24(33)29-17-12-22-25(34)28-13-18(31(22)14-17)6-8-23(32)30-10-9-15-3-1-2-4-21(15)30/h1-5,7,11,17-18,22H,6,8-10,12-14H2,(H,28,34)(H,29,33)/t17-,18+,22-/m0/s1. The summed E-state index contributed by atoms with van der Waals surface area (Å²) in [4.78, 5) is 42.0. The van der Waals surface area contributed by atoms with Crippen LogP contribution in [0.4, 0.5) is 10.1 Å². The van der Waals surface area contributed by atoms with E-state index in [1.165, 1.54) is 17.7 Å². The molecule has 0 aliphatic carbocycles. The minimum Gasteiger partial charge on any atom is -0.353 e. The van der Waals surface area contributed by atoms with E-state index in [2.05, 4.69) is 21.6 Å². The molecule has 2 saturated heterocycles. The second-order valence-corrected chi connectivity index (χ2v) is 9.52. The van der Waals surface area contributed by atoms with Crippen molar-refractivity contribution in [3.8, 4) is 0 Å². The van der Waals surface area contributed by atoms with Gasteiger partial charge in [-0.15, -0.1) is 0 Å². The number of hydrogen-bond acceptors (Lipinski definition) is 4. The average molecular weight is 485 g/mol. The lowest BCUT2D eigenvalue weighted by Gasteiger charge is -2.37. The van der Waals surface area contributed by atoms with Crippen molar-refractivity contribution in [2.75, 3.05) is 24.5 Å². The number of halogens is 2. The highest BCUT2D eigenvalue weighted by molar-refractivity contribution is 6.31. The number of carbonyl (C=O) groups is 3. The van der Waals surface area contributed by atoms with Crippen molar-refractivity contribution in [2.24, 2.45) is 0 Å². The maximum Gasteiger partial charge on any atom is 0.251 e. The van der Waals surface area contributed by atoms with Crippen LogP contribution in [0.25, 0.3) is 0 Å². The zero-order valence-corrected chi connectivity index (χ0v) is 19.4. The van der Waals surface area contributed by atoms with E-state index < -0.39 is 5.82 Å². The van der Waals surface area contributed by atoms with E-state index in [1.54, 1.807) is 0 Å². The highest BCUT2D eigenvalue weighted by atomic mass is 35.5. The van der Waals surface area contributed by atoms with Gasteiger partial charge in [0.1, 0.15) is 5.82 Å². The third-order valence-corrected chi connectivity index (χ3v) is 7.31. The number of hydrogen-bond donors (Lipinski definition) is 2. The molecule has 3 heterocycles. The third-order valence-electron chi connectivity index (χ3n) is 7.02. The van der Waals surface area contributed by atoms with E-state index in [1.807, 2.05) is 23.1 Å². The smallest absolute Gasteiger partial charge is 0.251 e. The molecular weight excluding hydrogens is 459 g/mol. The summed E-state index contributed by atoms with van der Waals surface area (Å²) >= 11 is 5.80. The lowest BCUT2D eigenvalue weighted by Crippen LogP contribution is -2.58. The number of anilines is 1. The van der Waals surface area contributed by atoms with Crippen molar-refractivity contribution >= 4 is 35.0 Å². The molecule has 34 heavy (non-hydrogen) atoms. The lowest BCUT2D eigenvalue weighted by atomic mass is 10.0. The van der Waals surface area contributed by atoms with E-state index >= 15 is 0 Å². The van der Waals surface area contributed by atoms with Gasteiger partial charge < -0.3 is 15.5 Å². The molecule has 3 aliphatic heterocycles. The fraction of sp³-hybridized carbons (Fsp3) is 0.400. The van der Waals surface area contributed by atoms with Gasteiger partial charge in [0, 0.05) is 49.4 Å². The maximum absolute atomic E-state index is 13.4. The molecule has 0 spiro atoms. The lowest BCUT2D eigenvalue weighted by molar-refractivity contribution is -0.129. The number of nitrogens with one attached hydrogen (secondary N) is 2. The van der Waals surface area contributed by atoms with Crippen LogP contribution in [0.1, 0.15) is 35.2 Å². The number of piperazine rings is 1. The van der Waals surface area contributed by atoms with Gasteiger partial charge in [-0.05, 0) is 49.1 Å². The molecule has 3 aliphatic rings. The molecule has 3 atom stereocenters. The molecule has 0 radical (unpaired) electrons. The van der Waals surface area contributed by atoms with Crippen LogP contribution in [0.5, 0.6) is 0 Å². The van der Waals surface area contributed by atoms with Crippen LogP contribution in [0.3, 0.4) is 0 Å². The largest absolute Gasteiger partial charge is 0.353 e. The molecule has 0 aromatic heterocycles. The van der Waals surface area contributed by atoms with E-state index in [0.717, 1.165) is 18.2 Å². The topological polar surface area (TPSA) is 81.8 Å². The zero-order chi connectivity index (χ0) is 23.8. The van der Waals surface area contributed by atoms with Gasteiger partial charge in [0.05, 0.1) is 11.1 Å². The van der Waals surface area contributed by atoms with Crippen LogP contribution in [0.2, 0.25) is 5.02 Å². The summed E-state index contributed by atoms with van der Waals surface area (Å²) in [7, 11) is 0. The highest BCUT2D eigenvalue weighted by Crippen LogP contribution is 2.30. The fourth-order valence-corrected chi connectivity index (χ4v) is 5.46. The van der Waals surface area contributed by atoms with Crippen LogP contribution < -0.4 is 15.5 Å². The summed E-state index contributed by atoms with van der Waals surface area (Å²) in [6, 6.07) is 11.3. The summed E-state index contributed by atoms with van der Waals surface area (Å²) in [6.45, 7) is 1.70. The Kier molecular flexibility index (Phi) is 6.27. The number of amides is 3. The summed E-state index contributed by atoms with van der Waals surface area (Å²) in [6.07, 6.45) is 2.37. The number of carbonyl (C=O) groups excluding carboxylic acids is 3. The van der Waals surface area contributed by atoms with Gasteiger partial charge in [-0.3, -0.25) is 19.3 Å². The first-order valence-electron chi connectivity index (χ1n) is 11.6. The number of benzene rings is 2. The molecule has 0 saturated carbocycles. The predicted molar refractivity (Wildman–Crippen MR) is 126 cm³/mol. The Morgan fingerprint density at radius 2 is 2.03 bits per heavy atom. The Morgan fingerprint density at radius 3 is 2.85 bits per heavy atom. The van der Waals surface area contributed by atoms with Gasteiger partial charge in [0.15, 0.2) is 0 Å². The predicted octanol–water partition coefficient (Wildman–Crippen LogP) is 2.52. The second kappa shape index (κ2) is 9.35. The van der Waals surface area contributed by atoms with Gasteiger partial charge in [-0.2, -0.15) is 0 Å². The van der Waals surface area contributed by atoms with Crippen molar-refractivity contribution in [3.05, 3.63) is 64.4 Å². The molecule has 0 unspecified atom stereocenters. The summed E-state index contributed by atoms with van der Waals surface area (Å²) < 4.78 is 13.4.